The van der Waals surface area contributed by atoms with Gasteiger partial charge in [0.2, 0.25) is 0 Å². The third-order valence-corrected chi connectivity index (χ3v) is 1.33. The van der Waals surface area contributed by atoms with E-state index in [2.05, 4.69) is 15.9 Å². The van der Waals surface area contributed by atoms with Crippen LogP contribution in [-0.2, 0) is 9.31 Å². The zero-order valence-electron chi connectivity index (χ0n) is 5.19. The van der Waals surface area contributed by atoms with Crippen LogP contribution in [-0.4, -0.2) is 26.7 Å². The number of alkyl halides is 1. The van der Waals surface area contributed by atoms with E-state index in [1.165, 1.54) is 0 Å². The van der Waals surface area contributed by atoms with Gasteiger partial charge in [-0.3, -0.25) is 0 Å². The highest BCUT2D eigenvalue weighted by Gasteiger charge is 2.11. The van der Waals surface area contributed by atoms with E-state index < -0.39 is 0 Å². The predicted octanol–water partition coefficient (Wildman–Crippen LogP) is 1.16. The van der Waals surface area contributed by atoms with E-state index in [1.807, 2.05) is 0 Å². The second-order valence-electron chi connectivity index (χ2n) is 1.38. The Morgan fingerprint density at radius 1 is 1.38 bits per heavy atom. The number of halogens is 1. The SMILES string of the molecule is COB(CCBr)OC. The lowest BCUT2D eigenvalue weighted by Gasteiger charge is -2.03. The molecule has 0 aromatic rings. The Hall–Kier alpha value is 0.465. The summed E-state index contributed by atoms with van der Waals surface area (Å²) in [5.41, 5.74) is 0. The molecule has 0 unspecified atom stereocenters. The molecule has 0 spiro atoms. The van der Waals surface area contributed by atoms with Crippen LogP contribution >= 0.6 is 15.9 Å². The van der Waals surface area contributed by atoms with Crippen molar-refractivity contribution in [2.45, 2.75) is 6.32 Å². The van der Waals surface area contributed by atoms with Crippen molar-refractivity contribution in [1.29, 1.82) is 0 Å². The quantitative estimate of drug-likeness (QED) is 0.478. The molecular weight excluding hydrogens is 171 g/mol. The highest BCUT2D eigenvalue weighted by Crippen LogP contribution is 1.96. The van der Waals surface area contributed by atoms with Crippen LogP contribution in [0.2, 0.25) is 6.32 Å². The summed E-state index contributed by atoms with van der Waals surface area (Å²) in [7, 11) is 3.22. The van der Waals surface area contributed by atoms with Gasteiger partial charge in [0.1, 0.15) is 0 Å². The van der Waals surface area contributed by atoms with Gasteiger partial charge in [-0.05, 0) is 6.32 Å². The van der Waals surface area contributed by atoms with Crippen LogP contribution in [0.3, 0.4) is 0 Å². The van der Waals surface area contributed by atoms with Crippen LogP contribution in [0.1, 0.15) is 0 Å². The maximum absolute atomic E-state index is 4.89. The molecule has 0 radical (unpaired) electrons. The Labute approximate surface area is 58.8 Å². The molecule has 0 aliphatic heterocycles. The first-order chi connectivity index (χ1) is 3.85. The number of rotatable bonds is 4. The molecular formula is C4H10BBrO2. The second kappa shape index (κ2) is 5.60. The van der Waals surface area contributed by atoms with E-state index in [9.17, 15) is 0 Å². The summed E-state index contributed by atoms with van der Waals surface area (Å²) >= 11 is 3.27. The summed E-state index contributed by atoms with van der Waals surface area (Å²) in [6.07, 6.45) is 0.896. The molecule has 0 aromatic heterocycles. The minimum absolute atomic E-state index is 0.0469. The van der Waals surface area contributed by atoms with Gasteiger partial charge in [0.05, 0.1) is 0 Å². The van der Waals surface area contributed by atoms with E-state index in [0.29, 0.717) is 0 Å². The standard InChI is InChI=1S/C4H10BBrO2/c1-7-5(8-2)3-4-6/h3-4H2,1-2H3. The van der Waals surface area contributed by atoms with Gasteiger partial charge in [0.15, 0.2) is 0 Å². The van der Waals surface area contributed by atoms with Crippen molar-refractivity contribution >= 4 is 23.0 Å². The Balaban J connectivity index is 3.07. The molecule has 4 heteroatoms. The van der Waals surface area contributed by atoms with E-state index in [-0.39, 0.29) is 7.12 Å². The Bertz CT molecular complexity index is 49.3. The number of hydrogen-bond acceptors (Lipinski definition) is 2. The molecule has 0 N–H and O–H groups in total. The smallest absolute Gasteiger partial charge is 0.414 e. The van der Waals surface area contributed by atoms with Gasteiger partial charge in [-0.1, -0.05) is 15.9 Å². The fourth-order valence-corrected chi connectivity index (χ4v) is 0.795. The molecule has 0 rings (SSSR count). The van der Waals surface area contributed by atoms with Crippen molar-refractivity contribution in [3.05, 3.63) is 0 Å². The van der Waals surface area contributed by atoms with Crippen LogP contribution in [0.5, 0.6) is 0 Å². The van der Waals surface area contributed by atoms with Crippen molar-refractivity contribution in [2.24, 2.45) is 0 Å². The summed E-state index contributed by atoms with van der Waals surface area (Å²) in [5, 5.41) is 0.916. The molecule has 0 saturated heterocycles. The minimum Gasteiger partial charge on any atom is -0.414 e. The van der Waals surface area contributed by atoms with Gasteiger partial charge >= 0.3 is 7.12 Å². The summed E-state index contributed by atoms with van der Waals surface area (Å²) in [5.74, 6) is 0. The van der Waals surface area contributed by atoms with E-state index in [4.69, 9.17) is 9.31 Å². The van der Waals surface area contributed by atoms with E-state index in [1.54, 1.807) is 14.2 Å². The molecule has 0 aromatic carbocycles. The first-order valence-electron chi connectivity index (χ1n) is 2.46. The van der Waals surface area contributed by atoms with Gasteiger partial charge in [-0.25, -0.2) is 0 Å². The van der Waals surface area contributed by atoms with Gasteiger partial charge in [0.25, 0.3) is 0 Å². The molecule has 48 valence electrons. The first-order valence-corrected chi connectivity index (χ1v) is 3.58. The van der Waals surface area contributed by atoms with Crippen LogP contribution in [0, 0.1) is 0 Å². The molecule has 2 nitrogen and oxygen atoms in total. The third kappa shape index (κ3) is 3.46. The van der Waals surface area contributed by atoms with Crippen molar-refractivity contribution in [3.8, 4) is 0 Å². The summed E-state index contributed by atoms with van der Waals surface area (Å²) in [4.78, 5) is 0. The highest BCUT2D eigenvalue weighted by atomic mass is 79.9. The van der Waals surface area contributed by atoms with Gasteiger partial charge in [0, 0.05) is 19.5 Å². The lowest BCUT2D eigenvalue weighted by atomic mass is 9.86. The Kier molecular flexibility index (Phi) is 5.92. The van der Waals surface area contributed by atoms with Crippen molar-refractivity contribution < 1.29 is 9.31 Å². The normalized spacial score (nSPS) is 9.38. The zero-order valence-corrected chi connectivity index (χ0v) is 6.77. The zero-order chi connectivity index (χ0) is 6.41. The maximum Gasteiger partial charge on any atom is 0.457 e. The third-order valence-electron chi connectivity index (χ3n) is 0.871. The number of hydrogen-bond donors (Lipinski definition) is 0. The largest absolute Gasteiger partial charge is 0.457 e. The molecule has 0 aliphatic carbocycles. The summed E-state index contributed by atoms with van der Waals surface area (Å²) in [6.45, 7) is 0. The molecule has 0 heterocycles. The Morgan fingerprint density at radius 2 is 1.88 bits per heavy atom. The average Bonchev–Trinajstić information content (AvgIpc) is 1.83. The summed E-state index contributed by atoms with van der Waals surface area (Å²) in [6, 6.07) is 0. The second-order valence-corrected chi connectivity index (χ2v) is 2.17. The molecule has 8 heavy (non-hydrogen) atoms. The molecule has 0 bridgehead atoms. The van der Waals surface area contributed by atoms with Crippen molar-refractivity contribution in [1.82, 2.24) is 0 Å². The van der Waals surface area contributed by atoms with Crippen molar-refractivity contribution in [2.75, 3.05) is 19.5 Å². The average molecular weight is 181 g/mol. The van der Waals surface area contributed by atoms with Gasteiger partial charge < -0.3 is 9.31 Å². The minimum atomic E-state index is -0.0469. The molecule has 0 atom stereocenters. The van der Waals surface area contributed by atoms with Gasteiger partial charge in [-0.15, -0.1) is 0 Å². The fraction of sp³-hybridized carbons (Fsp3) is 1.00. The molecule has 0 fully saturated rings. The van der Waals surface area contributed by atoms with Gasteiger partial charge in [-0.2, -0.15) is 0 Å². The molecule has 0 aliphatic rings. The summed E-state index contributed by atoms with van der Waals surface area (Å²) < 4.78 is 9.78. The van der Waals surface area contributed by atoms with Crippen LogP contribution in [0.25, 0.3) is 0 Å². The monoisotopic (exact) mass is 180 g/mol. The first kappa shape index (κ1) is 8.46. The topological polar surface area (TPSA) is 18.5 Å². The molecule has 0 saturated carbocycles. The van der Waals surface area contributed by atoms with E-state index >= 15 is 0 Å². The lowest BCUT2D eigenvalue weighted by molar-refractivity contribution is 0.279. The predicted molar refractivity (Wildman–Crippen MR) is 38.4 cm³/mol. The van der Waals surface area contributed by atoms with Crippen LogP contribution in [0.4, 0.5) is 0 Å². The maximum atomic E-state index is 4.89. The van der Waals surface area contributed by atoms with Crippen molar-refractivity contribution in [3.63, 3.8) is 0 Å². The van der Waals surface area contributed by atoms with E-state index in [0.717, 1.165) is 11.7 Å². The molecule has 0 amide bonds. The lowest BCUT2D eigenvalue weighted by Crippen LogP contribution is -2.18. The highest BCUT2D eigenvalue weighted by molar-refractivity contribution is 9.09. The van der Waals surface area contributed by atoms with Crippen LogP contribution in [0.15, 0.2) is 0 Å². The Morgan fingerprint density at radius 3 is 2.00 bits per heavy atom. The van der Waals surface area contributed by atoms with Crippen LogP contribution < -0.4 is 0 Å². The fourth-order valence-electron chi connectivity index (χ4n) is 0.421.